The minimum atomic E-state index is -0.281. The SMILES string of the molecule is CCNC(=NCCN1CCCCC1)NCCNC(=O)c1ccccc1O. The molecule has 1 saturated heterocycles. The lowest BCUT2D eigenvalue weighted by molar-refractivity contribution is 0.0951. The van der Waals surface area contributed by atoms with Gasteiger partial charge in [-0.05, 0) is 45.0 Å². The number of aliphatic imine (C=N–C) groups is 1. The fourth-order valence-corrected chi connectivity index (χ4v) is 2.95. The van der Waals surface area contributed by atoms with Gasteiger partial charge in [0.05, 0.1) is 12.1 Å². The smallest absolute Gasteiger partial charge is 0.255 e. The van der Waals surface area contributed by atoms with Gasteiger partial charge < -0.3 is 26.0 Å². The molecule has 0 aromatic heterocycles. The Balaban J connectivity index is 1.69. The van der Waals surface area contributed by atoms with E-state index >= 15 is 0 Å². The molecule has 0 spiro atoms. The highest BCUT2D eigenvalue weighted by atomic mass is 16.3. The molecule has 2 rings (SSSR count). The zero-order valence-electron chi connectivity index (χ0n) is 15.6. The first-order valence-corrected chi connectivity index (χ1v) is 9.51. The molecule has 1 aromatic rings. The largest absolute Gasteiger partial charge is 0.507 e. The van der Waals surface area contributed by atoms with Crippen molar-refractivity contribution in [3.63, 3.8) is 0 Å². The number of phenols is 1. The van der Waals surface area contributed by atoms with Crippen LogP contribution in [0, 0.1) is 0 Å². The zero-order chi connectivity index (χ0) is 18.6. The van der Waals surface area contributed by atoms with Gasteiger partial charge in [0.1, 0.15) is 5.75 Å². The molecule has 26 heavy (non-hydrogen) atoms. The predicted octanol–water partition coefficient (Wildman–Crippen LogP) is 1.16. The van der Waals surface area contributed by atoms with Crippen molar-refractivity contribution in [1.82, 2.24) is 20.9 Å². The van der Waals surface area contributed by atoms with Crippen LogP contribution in [0.3, 0.4) is 0 Å². The number of hydrogen-bond acceptors (Lipinski definition) is 4. The molecule has 1 aliphatic heterocycles. The van der Waals surface area contributed by atoms with Crippen LogP contribution in [0.5, 0.6) is 5.75 Å². The lowest BCUT2D eigenvalue weighted by atomic mass is 10.1. The van der Waals surface area contributed by atoms with Crippen molar-refractivity contribution in [1.29, 1.82) is 0 Å². The first kappa shape index (κ1) is 20.0. The summed E-state index contributed by atoms with van der Waals surface area (Å²) in [4.78, 5) is 19.1. The molecule has 1 amide bonds. The van der Waals surface area contributed by atoms with Gasteiger partial charge in [-0.25, -0.2) is 0 Å². The Labute approximate surface area is 155 Å². The van der Waals surface area contributed by atoms with Gasteiger partial charge in [0.15, 0.2) is 5.96 Å². The number of para-hydroxylation sites is 1. The highest BCUT2D eigenvalue weighted by Crippen LogP contribution is 2.14. The third kappa shape index (κ3) is 6.92. The number of nitrogens with one attached hydrogen (secondary N) is 3. The lowest BCUT2D eigenvalue weighted by Crippen LogP contribution is -2.42. The van der Waals surface area contributed by atoms with Crippen molar-refractivity contribution in [2.75, 3.05) is 45.8 Å². The maximum atomic E-state index is 12.0. The average Bonchev–Trinajstić information content (AvgIpc) is 2.66. The van der Waals surface area contributed by atoms with Gasteiger partial charge in [-0.15, -0.1) is 0 Å². The second-order valence-electron chi connectivity index (χ2n) is 6.36. The number of likely N-dealkylation sites (tertiary alicyclic amines) is 1. The Morgan fingerprint density at radius 3 is 2.58 bits per heavy atom. The summed E-state index contributed by atoms with van der Waals surface area (Å²) in [5.41, 5.74) is 0.287. The number of aromatic hydroxyl groups is 1. The molecule has 1 heterocycles. The molecular weight excluding hydrogens is 330 g/mol. The van der Waals surface area contributed by atoms with Gasteiger partial charge in [0, 0.05) is 26.2 Å². The molecule has 4 N–H and O–H groups in total. The Hall–Kier alpha value is -2.28. The molecule has 1 aliphatic rings. The number of carbonyl (C=O) groups is 1. The van der Waals surface area contributed by atoms with Crippen molar-refractivity contribution < 1.29 is 9.90 Å². The zero-order valence-corrected chi connectivity index (χ0v) is 15.6. The van der Waals surface area contributed by atoms with Crippen LogP contribution in [0.4, 0.5) is 0 Å². The quantitative estimate of drug-likeness (QED) is 0.317. The number of nitrogens with zero attached hydrogens (tertiary/aromatic N) is 2. The molecule has 1 fully saturated rings. The number of rotatable bonds is 8. The van der Waals surface area contributed by atoms with Crippen molar-refractivity contribution >= 4 is 11.9 Å². The first-order chi connectivity index (χ1) is 12.7. The van der Waals surface area contributed by atoms with Crippen molar-refractivity contribution in [3.8, 4) is 5.75 Å². The fraction of sp³-hybridized carbons (Fsp3) is 0.579. The Morgan fingerprint density at radius 2 is 1.85 bits per heavy atom. The topological polar surface area (TPSA) is 89.0 Å². The van der Waals surface area contributed by atoms with Crippen LogP contribution in [0.1, 0.15) is 36.5 Å². The molecule has 0 saturated carbocycles. The Bertz CT molecular complexity index is 585. The third-order valence-electron chi connectivity index (χ3n) is 4.33. The maximum absolute atomic E-state index is 12.0. The van der Waals surface area contributed by atoms with Crippen LogP contribution in [-0.4, -0.2) is 67.7 Å². The molecule has 0 bridgehead atoms. The number of carbonyl (C=O) groups excluding carboxylic acids is 1. The molecular formula is C19H31N5O2. The van der Waals surface area contributed by atoms with Crippen molar-refractivity contribution in [2.24, 2.45) is 4.99 Å². The van der Waals surface area contributed by atoms with E-state index in [1.54, 1.807) is 18.2 Å². The van der Waals surface area contributed by atoms with E-state index in [-0.39, 0.29) is 17.2 Å². The van der Waals surface area contributed by atoms with E-state index in [1.165, 1.54) is 38.4 Å². The van der Waals surface area contributed by atoms with Crippen molar-refractivity contribution in [2.45, 2.75) is 26.2 Å². The molecule has 144 valence electrons. The number of phenolic OH excluding ortho intramolecular Hbond substituents is 1. The van der Waals surface area contributed by atoms with E-state index in [2.05, 4.69) is 25.8 Å². The van der Waals surface area contributed by atoms with E-state index in [0.29, 0.717) is 13.1 Å². The highest BCUT2D eigenvalue weighted by molar-refractivity contribution is 5.96. The molecule has 0 aliphatic carbocycles. The first-order valence-electron chi connectivity index (χ1n) is 9.51. The van der Waals surface area contributed by atoms with E-state index in [4.69, 9.17) is 0 Å². The second-order valence-corrected chi connectivity index (χ2v) is 6.36. The molecule has 7 heteroatoms. The van der Waals surface area contributed by atoms with Gasteiger partial charge in [-0.3, -0.25) is 9.79 Å². The van der Waals surface area contributed by atoms with Gasteiger partial charge in [-0.1, -0.05) is 18.6 Å². The summed E-state index contributed by atoms with van der Waals surface area (Å²) in [6.07, 6.45) is 3.92. The summed E-state index contributed by atoms with van der Waals surface area (Å²) in [6, 6.07) is 6.53. The standard InChI is InChI=1S/C19H31N5O2/c1-2-20-19(23-12-15-24-13-6-3-7-14-24)22-11-10-21-18(26)16-8-4-5-9-17(16)25/h4-5,8-9,25H,2-3,6-7,10-15H2,1H3,(H,21,26)(H2,20,22,23). The molecule has 1 aromatic carbocycles. The molecule has 0 atom stereocenters. The predicted molar refractivity (Wildman–Crippen MR) is 105 cm³/mol. The molecule has 0 radical (unpaired) electrons. The normalized spacial score (nSPS) is 15.5. The number of benzene rings is 1. The summed E-state index contributed by atoms with van der Waals surface area (Å²) < 4.78 is 0. The molecule has 7 nitrogen and oxygen atoms in total. The number of piperidine rings is 1. The Kier molecular flexibility index (Phi) is 8.75. The fourth-order valence-electron chi connectivity index (χ4n) is 2.95. The third-order valence-corrected chi connectivity index (χ3v) is 4.33. The number of amides is 1. The van der Waals surface area contributed by atoms with Crippen LogP contribution in [0.2, 0.25) is 0 Å². The number of hydrogen-bond donors (Lipinski definition) is 4. The summed E-state index contributed by atoms with van der Waals surface area (Å²) >= 11 is 0. The van der Waals surface area contributed by atoms with Gasteiger partial charge in [0.25, 0.3) is 5.91 Å². The van der Waals surface area contributed by atoms with E-state index in [9.17, 15) is 9.90 Å². The highest BCUT2D eigenvalue weighted by Gasteiger charge is 2.10. The summed E-state index contributed by atoms with van der Waals surface area (Å²) in [5, 5.41) is 18.9. The lowest BCUT2D eigenvalue weighted by Gasteiger charge is -2.25. The van der Waals surface area contributed by atoms with Crippen LogP contribution in [-0.2, 0) is 0 Å². The van der Waals surface area contributed by atoms with Crippen LogP contribution >= 0.6 is 0 Å². The van der Waals surface area contributed by atoms with Gasteiger partial charge in [0.2, 0.25) is 0 Å². The van der Waals surface area contributed by atoms with Gasteiger partial charge >= 0.3 is 0 Å². The van der Waals surface area contributed by atoms with Gasteiger partial charge in [-0.2, -0.15) is 0 Å². The van der Waals surface area contributed by atoms with Crippen LogP contribution in [0.25, 0.3) is 0 Å². The minimum absolute atomic E-state index is 0.00873. The maximum Gasteiger partial charge on any atom is 0.255 e. The summed E-state index contributed by atoms with van der Waals surface area (Å²) in [6.45, 7) is 7.94. The monoisotopic (exact) mass is 361 g/mol. The van der Waals surface area contributed by atoms with Crippen LogP contribution < -0.4 is 16.0 Å². The number of guanidine groups is 1. The van der Waals surface area contributed by atoms with Crippen LogP contribution in [0.15, 0.2) is 29.3 Å². The second kappa shape index (κ2) is 11.4. The average molecular weight is 361 g/mol. The summed E-state index contributed by atoms with van der Waals surface area (Å²) in [5.74, 6) is 0.476. The van der Waals surface area contributed by atoms with Crippen molar-refractivity contribution in [3.05, 3.63) is 29.8 Å². The minimum Gasteiger partial charge on any atom is -0.507 e. The summed E-state index contributed by atoms with van der Waals surface area (Å²) in [7, 11) is 0. The van der Waals surface area contributed by atoms with E-state index in [1.807, 2.05) is 6.92 Å². The van der Waals surface area contributed by atoms with E-state index in [0.717, 1.165) is 25.6 Å². The Morgan fingerprint density at radius 1 is 1.12 bits per heavy atom. The molecule has 0 unspecified atom stereocenters. The van der Waals surface area contributed by atoms with E-state index < -0.39 is 0 Å².